The zero-order valence-corrected chi connectivity index (χ0v) is 19.0. The zero-order valence-electron chi connectivity index (χ0n) is 19.0. The van der Waals surface area contributed by atoms with Crippen molar-refractivity contribution >= 4 is 34.4 Å². The number of nitrogens with one attached hydrogen (secondary N) is 2. The molecule has 172 valence electrons. The Balaban J connectivity index is 1.62. The summed E-state index contributed by atoms with van der Waals surface area (Å²) < 4.78 is 0. The lowest BCUT2D eigenvalue weighted by atomic mass is 10.0. The molecule has 34 heavy (non-hydrogen) atoms. The fourth-order valence-corrected chi connectivity index (χ4v) is 3.95. The number of aromatic nitrogens is 1. The van der Waals surface area contributed by atoms with E-state index in [2.05, 4.69) is 34.3 Å². The first-order chi connectivity index (χ1) is 16.5. The second kappa shape index (κ2) is 9.99. The highest BCUT2D eigenvalue weighted by atomic mass is 16.6. The first-order valence-electron chi connectivity index (χ1n) is 11.1. The lowest BCUT2D eigenvalue weighted by molar-refractivity contribution is -0.384. The number of nitro groups is 1. The van der Waals surface area contributed by atoms with E-state index in [1.165, 1.54) is 12.1 Å². The van der Waals surface area contributed by atoms with Gasteiger partial charge in [-0.25, -0.2) is 5.43 Å². The normalized spacial score (nSPS) is 11.1. The molecule has 4 rings (SSSR count). The van der Waals surface area contributed by atoms with Crippen molar-refractivity contribution in [2.75, 3.05) is 18.0 Å². The molecule has 0 spiro atoms. The number of aromatic amines is 1. The van der Waals surface area contributed by atoms with Crippen LogP contribution in [0.4, 0.5) is 11.4 Å². The van der Waals surface area contributed by atoms with Crippen molar-refractivity contribution in [3.63, 3.8) is 0 Å². The van der Waals surface area contributed by atoms with Crippen LogP contribution in [0.2, 0.25) is 0 Å². The number of anilines is 1. The van der Waals surface area contributed by atoms with Gasteiger partial charge in [0.15, 0.2) is 0 Å². The molecule has 3 aromatic carbocycles. The summed E-state index contributed by atoms with van der Waals surface area (Å²) in [7, 11) is 0. The van der Waals surface area contributed by atoms with Crippen LogP contribution < -0.4 is 10.3 Å². The third-order valence-electron chi connectivity index (χ3n) is 5.68. The molecule has 0 aliphatic heterocycles. The molecule has 0 saturated heterocycles. The molecule has 2 N–H and O–H groups in total. The largest absolute Gasteiger partial charge is 0.372 e. The van der Waals surface area contributed by atoms with Crippen molar-refractivity contribution < 1.29 is 9.72 Å². The number of benzene rings is 3. The van der Waals surface area contributed by atoms with Gasteiger partial charge in [0.05, 0.1) is 11.1 Å². The van der Waals surface area contributed by atoms with Crippen LogP contribution in [-0.4, -0.2) is 35.1 Å². The van der Waals surface area contributed by atoms with Crippen LogP contribution in [0, 0.1) is 10.1 Å². The molecule has 0 fully saturated rings. The van der Waals surface area contributed by atoms with Gasteiger partial charge in [-0.05, 0) is 43.2 Å². The number of hydrazone groups is 1. The van der Waals surface area contributed by atoms with Crippen molar-refractivity contribution in [3.8, 4) is 11.1 Å². The molecule has 1 amide bonds. The van der Waals surface area contributed by atoms with Crippen LogP contribution in [0.25, 0.3) is 22.0 Å². The maximum absolute atomic E-state index is 13.0. The number of nitrogens with zero attached hydrogens (tertiary/aromatic N) is 3. The molecule has 0 unspecified atom stereocenters. The van der Waals surface area contributed by atoms with Crippen molar-refractivity contribution in [2.45, 2.75) is 13.8 Å². The number of carbonyl (C=O) groups excluding carboxylic acids is 1. The van der Waals surface area contributed by atoms with E-state index in [0.29, 0.717) is 16.5 Å². The van der Waals surface area contributed by atoms with E-state index >= 15 is 0 Å². The fourth-order valence-electron chi connectivity index (χ4n) is 3.95. The fraction of sp³-hybridized carbons (Fsp3) is 0.154. The number of nitro benzene ring substituents is 1. The Bertz CT molecular complexity index is 1340. The Labute approximate surface area is 197 Å². The van der Waals surface area contributed by atoms with Crippen LogP contribution in [0.5, 0.6) is 0 Å². The van der Waals surface area contributed by atoms with E-state index in [0.717, 1.165) is 29.9 Å². The van der Waals surface area contributed by atoms with Gasteiger partial charge in [-0.1, -0.05) is 42.5 Å². The molecule has 1 aromatic heterocycles. The highest BCUT2D eigenvalue weighted by Gasteiger charge is 2.21. The highest BCUT2D eigenvalue weighted by molar-refractivity contribution is 6.10. The number of hydrogen-bond acceptors (Lipinski definition) is 5. The minimum absolute atomic E-state index is 0.0400. The van der Waals surface area contributed by atoms with E-state index in [4.69, 9.17) is 0 Å². The molecule has 0 aliphatic rings. The Hall–Kier alpha value is -4.46. The second-order valence-corrected chi connectivity index (χ2v) is 7.69. The molecule has 0 bridgehead atoms. The molecular formula is C26H25N5O3. The number of hydrogen-bond donors (Lipinski definition) is 2. The van der Waals surface area contributed by atoms with Gasteiger partial charge in [0.2, 0.25) is 0 Å². The van der Waals surface area contributed by atoms with E-state index < -0.39 is 10.8 Å². The van der Waals surface area contributed by atoms with Gasteiger partial charge in [0, 0.05) is 47.4 Å². The SMILES string of the molecule is CCN(CC)c1ccc(C=NNC(=O)c2[nH]c3ccc([N+](=O)[O-])cc3c2-c2ccccc2)cc1. The van der Waals surface area contributed by atoms with Gasteiger partial charge in [0.1, 0.15) is 5.69 Å². The first-order valence-corrected chi connectivity index (χ1v) is 11.1. The molecule has 0 aliphatic carbocycles. The van der Waals surface area contributed by atoms with E-state index in [1.807, 2.05) is 54.6 Å². The predicted molar refractivity (Wildman–Crippen MR) is 135 cm³/mol. The summed E-state index contributed by atoms with van der Waals surface area (Å²) in [6, 6.07) is 21.7. The number of H-pyrrole nitrogens is 1. The minimum Gasteiger partial charge on any atom is -0.372 e. The van der Waals surface area contributed by atoms with Gasteiger partial charge in [-0.2, -0.15) is 5.10 Å². The molecule has 8 nitrogen and oxygen atoms in total. The smallest absolute Gasteiger partial charge is 0.288 e. The number of fused-ring (bicyclic) bond motifs is 1. The second-order valence-electron chi connectivity index (χ2n) is 7.69. The minimum atomic E-state index is -0.448. The van der Waals surface area contributed by atoms with Crippen LogP contribution in [0.3, 0.4) is 0 Å². The molecule has 4 aromatic rings. The Morgan fingerprint density at radius 3 is 2.41 bits per heavy atom. The maximum atomic E-state index is 13.0. The lowest BCUT2D eigenvalue weighted by Crippen LogP contribution is -2.21. The molecule has 0 atom stereocenters. The summed E-state index contributed by atoms with van der Waals surface area (Å²) in [5.41, 5.74) is 6.80. The monoisotopic (exact) mass is 455 g/mol. The average molecular weight is 456 g/mol. The Morgan fingerprint density at radius 1 is 1.06 bits per heavy atom. The lowest BCUT2D eigenvalue weighted by Gasteiger charge is -2.20. The summed E-state index contributed by atoms with van der Waals surface area (Å²) in [5, 5.41) is 16.0. The van der Waals surface area contributed by atoms with Gasteiger partial charge >= 0.3 is 0 Å². The number of carbonyl (C=O) groups is 1. The summed E-state index contributed by atoms with van der Waals surface area (Å²) in [6.07, 6.45) is 1.58. The Morgan fingerprint density at radius 2 is 1.76 bits per heavy atom. The van der Waals surface area contributed by atoms with Crippen molar-refractivity contribution in [1.82, 2.24) is 10.4 Å². The van der Waals surface area contributed by atoms with Gasteiger partial charge < -0.3 is 9.88 Å². The van der Waals surface area contributed by atoms with Crippen molar-refractivity contribution in [3.05, 3.63) is 94.2 Å². The summed E-state index contributed by atoms with van der Waals surface area (Å²) in [4.78, 5) is 29.2. The third kappa shape index (κ3) is 4.66. The summed E-state index contributed by atoms with van der Waals surface area (Å²) in [5.74, 6) is -0.436. The molecule has 1 heterocycles. The number of amides is 1. The molecule has 8 heteroatoms. The first kappa shape index (κ1) is 22.7. The molecule has 0 radical (unpaired) electrons. The topological polar surface area (TPSA) is 104 Å². The van der Waals surface area contributed by atoms with Crippen LogP contribution >= 0.6 is 0 Å². The molecular weight excluding hydrogens is 430 g/mol. The third-order valence-corrected chi connectivity index (χ3v) is 5.68. The van der Waals surface area contributed by atoms with Crippen LogP contribution in [0.15, 0.2) is 77.9 Å². The van der Waals surface area contributed by atoms with Gasteiger partial charge in [0.25, 0.3) is 11.6 Å². The van der Waals surface area contributed by atoms with Crippen molar-refractivity contribution in [2.24, 2.45) is 5.10 Å². The summed E-state index contributed by atoms with van der Waals surface area (Å²) in [6.45, 7) is 6.08. The Kier molecular flexibility index (Phi) is 6.68. The number of non-ortho nitro benzene ring substituents is 1. The predicted octanol–water partition coefficient (Wildman–Crippen LogP) is 5.35. The number of rotatable bonds is 8. The van der Waals surface area contributed by atoms with Gasteiger partial charge in [-0.3, -0.25) is 14.9 Å². The quantitative estimate of drug-likeness (QED) is 0.212. The average Bonchev–Trinajstić information content (AvgIpc) is 3.25. The summed E-state index contributed by atoms with van der Waals surface area (Å²) >= 11 is 0. The maximum Gasteiger partial charge on any atom is 0.288 e. The van der Waals surface area contributed by atoms with E-state index in [1.54, 1.807) is 12.3 Å². The standard InChI is InChI=1S/C26H25N5O3/c1-3-30(4-2)20-12-10-18(11-13-20)17-27-29-26(32)25-24(19-8-6-5-7-9-19)22-16-21(31(33)34)14-15-23(22)28-25/h5-17,28H,3-4H2,1-2H3,(H,29,32). The molecule has 0 saturated carbocycles. The van der Waals surface area contributed by atoms with E-state index in [9.17, 15) is 14.9 Å². The van der Waals surface area contributed by atoms with Crippen LogP contribution in [0.1, 0.15) is 29.9 Å². The zero-order chi connectivity index (χ0) is 24.1. The van der Waals surface area contributed by atoms with Crippen molar-refractivity contribution in [1.29, 1.82) is 0 Å². The van der Waals surface area contributed by atoms with Gasteiger partial charge in [-0.15, -0.1) is 0 Å². The van der Waals surface area contributed by atoms with E-state index in [-0.39, 0.29) is 11.4 Å². The highest BCUT2D eigenvalue weighted by Crippen LogP contribution is 2.34. The van der Waals surface area contributed by atoms with Crippen LogP contribution in [-0.2, 0) is 0 Å².